The molecule has 0 radical (unpaired) electrons. The van der Waals surface area contributed by atoms with Crippen molar-refractivity contribution >= 4 is 33.4 Å². The maximum Gasteiger partial charge on any atom is 0.227 e. The number of hydrogen-bond acceptors (Lipinski definition) is 2. The summed E-state index contributed by atoms with van der Waals surface area (Å²) in [7, 11) is 0. The van der Waals surface area contributed by atoms with Crippen molar-refractivity contribution < 1.29 is 14.0 Å². The number of piperidine rings is 1. The lowest BCUT2D eigenvalue weighted by Gasteiger charge is -2.35. The average molecular weight is 385 g/mol. The standard InChI is InChI=1S/C17H22BrFN2O2/c1-17(2,3)16(23)21-8-6-11(7-9-21)15(22)20-14-5-4-12(18)10-13(14)19/h4-5,10-11H,6-9H2,1-3H3,(H,20,22). The van der Waals surface area contributed by atoms with Crippen LogP contribution in [-0.2, 0) is 9.59 Å². The summed E-state index contributed by atoms with van der Waals surface area (Å²) in [6, 6.07) is 4.54. The topological polar surface area (TPSA) is 49.4 Å². The molecule has 6 heteroatoms. The van der Waals surface area contributed by atoms with Gasteiger partial charge in [0.2, 0.25) is 11.8 Å². The lowest BCUT2D eigenvalue weighted by molar-refractivity contribution is -0.142. The quantitative estimate of drug-likeness (QED) is 0.842. The monoisotopic (exact) mass is 384 g/mol. The molecule has 1 fully saturated rings. The minimum absolute atomic E-state index is 0.107. The number of halogens is 2. The molecule has 0 aliphatic carbocycles. The molecule has 2 amide bonds. The summed E-state index contributed by atoms with van der Waals surface area (Å²) in [5, 5.41) is 2.64. The molecule has 1 aromatic rings. The van der Waals surface area contributed by atoms with Crippen LogP contribution in [0.2, 0.25) is 0 Å². The molecular formula is C17H22BrFN2O2. The van der Waals surface area contributed by atoms with Gasteiger partial charge < -0.3 is 10.2 Å². The predicted octanol–water partition coefficient (Wildman–Crippen LogP) is 3.81. The highest BCUT2D eigenvalue weighted by Gasteiger charge is 2.32. The Morgan fingerprint density at radius 2 is 1.87 bits per heavy atom. The molecule has 126 valence electrons. The SMILES string of the molecule is CC(C)(C)C(=O)N1CCC(C(=O)Nc2ccc(Br)cc2F)CC1. The van der Waals surface area contributed by atoms with Gasteiger partial charge in [-0.25, -0.2) is 4.39 Å². The zero-order valence-corrected chi connectivity index (χ0v) is 15.2. The summed E-state index contributed by atoms with van der Waals surface area (Å²) in [5.74, 6) is -0.737. The number of anilines is 1. The fraction of sp³-hybridized carbons (Fsp3) is 0.529. The molecule has 23 heavy (non-hydrogen) atoms. The minimum Gasteiger partial charge on any atom is -0.342 e. The second-order valence-electron chi connectivity index (χ2n) is 6.93. The molecule has 1 aliphatic rings. The highest BCUT2D eigenvalue weighted by atomic mass is 79.9. The Morgan fingerprint density at radius 1 is 1.26 bits per heavy atom. The van der Waals surface area contributed by atoms with E-state index in [1.165, 1.54) is 12.1 Å². The molecule has 4 nitrogen and oxygen atoms in total. The predicted molar refractivity (Wildman–Crippen MR) is 91.5 cm³/mol. The first-order valence-corrected chi connectivity index (χ1v) is 8.53. The Kier molecular flexibility index (Phi) is 5.45. The van der Waals surface area contributed by atoms with Crippen molar-refractivity contribution in [2.45, 2.75) is 33.6 Å². The van der Waals surface area contributed by atoms with Gasteiger partial charge in [-0.15, -0.1) is 0 Å². The highest BCUT2D eigenvalue weighted by molar-refractivity contribution is 9.10. The van der Waals surface area contributed by atoms with E-state index in [2.05, 4.69) is 21.2 Å². The van der Waals surface area contributed by atoms with E-state index in [-0.39, 0.29) is 23.4 Å². The van der Waals surface area contributed by atoms with Gasteiger partial charge in [-0.1, -0.05) is 36.7 Å². The second-order valence-corrected chi connectivity index (χ2v) is 7.85. The Balaban J connectivity index is 1.92. The molecule has 1 aliphatic heterocycles. The number of carbonyl (C=O) groups is 2. The van der Waals surface area contributed by atoms with Gasteiger partial charge in [0, 0.05) is 28.9 Å². The van der Waals surface area contributed by atoms with E-state index in [4.69, 9.17) is 0 Å². The number of rotatable bonds is 2. The molecule has 1 aromatic carbocycles. The van der Waals surface area contributed by atoms with E-state index in [9.17, 15) is 14.0 Å². The molecular weight excluding hydrogens is 363 g/mol. The van der Waals surface area contributed by atoms with Crippen LogP contribution >= 0.6 is 15.9 Å². The molecule has 1 heterocycles. The van der Waals surface area contributed by atoms with Crippen molar-refractivity contribution in [3.63, 3.8) is 0 Å². The van der Waals surface area contributed by atoms with Gasteiger partial charge in [0.25, 0.3) is 0 Å². The van der Waals surface area contributed by atoms with Crippen LogP contribution in [0.1, 0.15) is 33.6 Å². The number of nitrogens with zero attached hydrogens (tertiary/aromatic N) is 1. The third kappa shape index (κ3) is 4.53. The van der Waals surface area contributed by atoms with Crippen LogP contribution in [0.15, 0.2) is 22.7 Å². The molecule has 0 saturated carbocycles. The van der Waals surface area contributed by atoms with E-state index >= 15 is 0 Å². The molecule has 0 spiro atoms. The third-order valence-electron chi connectivity index (χ3n) is 3.98. The Hall–Kier alpha value is -1.43. The summed E-state index contributed by atoms with van der Waals surface area (Å²) >= 11 is 3.18. The van der Waals surface area contributed by atoms with Crippen LogP contribution in [0.4, 0.5) is 10.1 Å². The van der Waals surface area contributed by atoms with Crippen molar-refractivity contribution in [1.29, 1.82) is 0 Å². The second kappa shape index (κ2) is 6.99. The Morgan fingerprint density at radius 3 is 2.39 bits per heavy atom. The molecule has 0 atom stereocenters. The highest BCUT2D eigenvalue weighted by Crippen LogP contribution is 2.25. The number of amides is 2. The van der Waals surface area contributed by atoms with E-state index in [0.29, 0.717) is 30.4 Å². The van der Waals surface area contributed by atoms with Crippen LogP contribution in [0.3, 0.4) is 0 Å². The average Bonchev–Trinajstić information content (AvgIpc) is 2.48. The van der Waals surface area contributed by atoms with Crippen molar-refractivity contribution in [3.05, 3.63) is 28.5 Å². The van der Waals surface area contributed by atoms with Gasteiger partial charge in [-0.05, 0) is 31.0 Å². The number of hydrogen-bond donors (Lipinski definition) is 1. The van der Waals surface area contributed by atoms with Gasteiger partial charge >= 0.3 is 0 Å². The van der Waals surface area contributed by atoms with E-state index < -0.39 is 11.2 Å². The van der Waals surface area contributed by atoms with E-state index in [1.807, 2.05) is 25.7 Å². The normalized spacial score (nSPS) is 16.3. The zero-order valence-electron chi connectivity index (χ0n) is 13.7. The summed E-state index contributed by atoms with van der Waals surface area (Å²) in [6.07, 6.45) is 1.21. The summed E-state index contributed by atoms with van der Waals surface area (Å²) in [6.45, 7) is 6.81. The van der Waals surface area contributed by atoms with Crippen LogP contribution in [0.5, 0.6) is 0 Å². The Labute approximate surface area is 144 Å². The fourth-order valence-electron chi connectivity index (χ4n) is 2.64. The van der Waals surface area contributed by atoms with Gasteiger partial charge in [0.05, 0.1) is 5.69 Å². The smallest absolute Gasteiger partial charge is 0.227 e. The summed E-state index contributed by atoms with van der Waals surface area (Å²) in [4.78, 5) is 26.3. The number of carbonyl (C=O) groups excluding carboxylic acids is 2. The Bertz CT molecular complexity index is 605. The van der Waals surface area contributed by atoms with Gasteiger partial charge in [0.15, 0.2) is 0 Å². The first-order valence-electron chi connectivity index (χ1n) is 7.74. The van der Waals surface area contributed by atoms with Crippen molar-refractivity contribution in [2.75, 3.05) is 18.4 Å². The van der Waals surface area contributed by atoms with Crippen LogP contribution in [-0.4, -0.2) is 29.8 Å². The van der Waals surface area contributed by atoms with Crippen LogP contribution in [0.25, 0.3) is 0 Å². The molecule has 0 aromatic heterocycles. The number of benzene rings is 1. The van der Waals surface area contributed by atoms with Gasteiger partial charge in [-0.3, -0.25) is 9.59 Å². The molecule has 0 bridgehead atoms. The first-order chi connectivity index (χ1) is 10.7. The lowest BCUT2D eigenvalue weighted by Crippen LogP contribution is -2.45. The van der Waals surface area contributed by atoms with Crippen molar-refractivity contribution in [2.24, 2.45) is 11.3 Å². The number of nitrogens with one attached hydrogen (secondary N) is 1. The van der Waals surface area contributed by atoms with E-state index in [0.717, 1.165) is 0 Å². The molecule has 1 saturated heterocycles. The lowest BCUT2D eigenvalue weighted by atomic mass is 9.90. The first kappa shape index (κ1) is 17.9. The van der Waals surface area contributed by atoms with Gasteiger partial charge in [0.1, 0.15) is 5.82 Å². The van der Waals surface area contributed by atoms with Gasteiger partial charge in [-0.2, -0.15) is 0 Å². The molecule has 1 N–H and O–H groups in total. The molecule has 2 rings (SSSR count). The minimum atomic E-state index is -0.465. The van der Waals surface area contributed by atoms with Crippen LogP contribution in [0, 0.1) is 17.2 Å². The maximum absolute atomic E-state index is 13.8. The van der Waals surface area contributed by atoms with Crippen LogP contribution < -0.4 is 5.32 Å². The van der Waals surface area contributed by atoms with Crippen molar-refractivity contribution in [3.8, 4) is 0 Å². The maximum atomic E-state index is 13.8. The summed E-state index contributed by atoms with van der Waals surface area (Å²) < 4.78 is 14.4. The summed E-state index contributed by atoms with van der Waals surface area (Å²) in [5.41, 5.74) is -0.221. The zero-order chi connectivity index (χ0) is 17.2. The largest absolute Gasteiger partial charge is 0.342 e. The fourth-order valence-corrected chi connectivity index (χ4v) is 2.98. The molecule has 0 unspecified atom stereocenters. The third-order valence-corrected chi connectivity index (χ3v) is 4.48. The van der Waals surface area contributed by atoms with Crippen molar-refractivity contribution in [1.82, 2.24) is 4.90 Å². The van der Waals surface area contributed by atoms with E-state index in [1.54, 1.807) is 6.07 Å². The number of likely N-dealkylation sites (tertiary alicyclic amines) is 1.